The smallest absolute Gasteiger partial charge is 0.475 e. The summed E-state index contributed by atoms with van der Waals surface area (Å²) in [6, 6.07) is 6.42. The van der Waals surface area contributed by atoms with E-state index in [0.29, 0.717) is 24.8 Å². The van der Waals surface area contributed by atoms with Gasteiger partial charge in [0.1, 0.15) is 16.5 Å². The molecule has 0 aliphatic carbocycles. The van der Waals surface area contributed by atoms with Crippen LogP contribution in [0, 0.1) is 11.7 Å². The number of aliphatic carboxylic acids is 1. The first-order valence-electron chi connectivity index (χ1n) is 9.39. The van der Waals surface area contributed by atoms with E-state index in [0.717, 1.165) is 35.9 Å². The number of thiazole rings is 1. The third-order valence-corrected chi connectivity index (χ3v) is 5.17. The van der Waals surface area contributed by atoms with Gasteiger partial charge in [-0.25, -0.2) is 18.9 Å². The van der Waals surface area contributed by atoms with E-state index in [2.05, 4.69) is 20.6 Å². The molecule has 32 heavy (non-hydrogen) atoms. The van der Waals surface area contributed by atoms with Crippen molar-refractivity contribution < 1.29 is 32.2 Å². The molecule has 8 nitrogen and oxygen atoms in total. The normalized spacial score (nSPS) is 15.9. The van der Waals surface area contributed by atoms with Gasteiger partial charge in [0.25, 0.3) is 0 Å². The van der Waals surface area contributed by atoms with Gasteiger partial charge in [-0.2, -0.15) is 13.2 Å². The first kappa shape index (κ1) is 23.8. The number of nitrogens with zero attached hydrogens (tertiary/aromatic N) is 4. The van der Waals surface area contributed by atoms with E-state index in [4.69, 9.17) is 14.6 Å². The molecule has 2 aromatic heterocycles. The number of carbonyl (C=O) groups is 1. The fourth-order valence-electron chi connectivity index (χ4n) is 2.95. The predicted molar refractivity (Wildman–Crippen MR) is 106 cm³/mol. The Morgan fingerprint density at radius 3 is 2.81 bits per heavy atom. The van der Waals surface area contributed by atoms with Gasteiger partial charge in [0.2, 0.25) is 0 Å². The number of carboxylic acid groups (broad SMARTS) is 1. The Balaban J connectivity index is 0.000000360. The van der Waals surface area contributed by atoms with Gasteiger partial charge in [-0.1, -0.05) is 17.3 Å². The third kappa shape index (κ3) is 6.55. The Bertz CT molecular complexity index is 1030. The summed E-state index contributed by atoms with van der Waals surface area (Å²) in [6.07, 6.45) is -3.27. The molecular formula is C19H19F4N5O3S. The number of alkyl halides is 3. The molecular weight excluding hydrogens is 454 g/mol. The Kier molecular flexibility index (Phi) is 7.88. The van der Waals surface area contributed by atoms with Gasteiger partial charge < -0.3 is 15.2 Å². The van der Waals surface area contributed by atoms with Crippen LogP contribution in [-0.4, -0.2) is 50.4 Å². The van der Waals surface area contributed by atoms with Gasteiger partial charge in [0.05, 0.1) is 18.9 Å². The second-order valence-electron chi connectivity index (χ2n) is 6.82. The van der Waals surface area contributed by atoms with Crippen LogP contribution < -0.4 is 5.32 Å². The van der Waals surface area contributed by atoms with Gasteiger partial charge in [0.15, 0.2) is 0 Å². The van der Waals surface area contributed by atoms with Crippen molar-refractivity contribution in [3.8, 4) is 11.3 Å². The summed E-state index contributed by atoms with van der Waals surface area (Å²) in [5.74, 6) is -2.74. The number of hydrogen-bond acceptors (Lipinski definition) is 7. The molecule has 1 aromatic carbocycles. The molecule has 172 valence electrons. The van der Waals surface area contributed by atoms with E-state index in [1.807, 2.05) is 22.3 Å². The van der Waals surface area contributed by atoms with Gasteiger partial charge in [0, 0.05) is 42.7 Å². The molecule has 2 N–H and O–H groups in total. The summed E-state index contributed by atoms with van der Waals surface area (Å²) < 4.78 is 52.9. The number of ether oxygens (including phenoxy) is 1. The second-order valence-corrected chi connectivity index (χ2v) is 7.80. The fourth-order valence-corrected chi connectivity index (χ4v) is 3.53. The Labute approximate surface area is 183 Å². The molecule has 0 saturated carbocycles. The zero-order chi connectivity index (χ0) is 23.1. The standard InChI is InChI=1S/C17H18FN5OS.C2HF3O2/c18-14-3-1-2-13(6-14)17-15-11-24-10-12(9-23(15)22-21-17)7-19-8-16-20-4-5-25-16;3-2(4,5)1(6)7/h1-6,12,19H,7-11H2;(H,6,7). The number of rotatable bonds is 5. The minimum Gasteiger partial charge on any atom is -0.475 e. The van der Waals surface area contributed by atoms with Crippen molar-refractivity contribution in [2.75, 3.05) is 13.2 Å². The second kappa shape index (κ2) is 10.6. The molecule has 1 aliphatic rings. The molecule has 0 amide bonds. The molecule has 0 fully saturated rings. The molecule has 0 bridgehead atoms. The minimum atomic E-state index is -5.08. The summed E-state index contributed by atoms with van der Waals surface area (Å²) in [4.78, 5) is 13.2. The van der Waals surface area contributed by atoms with Crippen molar-refractivity contribution in [3.05, 3.63) is 52.4 Å². The number of halogens is 4. The molecule has 3 heterocycles. The maximum absolute atomic E-state index is 13.5. The summed E-state index contributed by atoms with van der Waals surface area (Å²) in [5, 5.41) is 22.1. The van der Waals surface area contributed by atoms with Gasteiger partial charge in [-0.15, -0.1) is 16.4 Å². The first-order chi connectivity index (χ1) is 15.2. The third-order valence-electron chi connectivity index (χ3n) is 4.39. The highest BCUT2D eigenvalue weighted by atomic mass is 32.1. The van der Waals surface area contributed by atoms with Crippen LogP contribution in [0.1, 0.15) is 10.7 Å². The number of fused-ring (bicyclic) bond motifs is 1. The van der Waals surface area contributed by atoms with E-state index in [9.17, 15) is 17.6 Å². The van der Waals surface area contributed by atoms with Crippen LogP contribution in [0.25, 0.3) is 11.3 Å². The minimum absolute atomic E-state index is 0.280. The van der Waals surface area contributed by atoms with Crippen LogP contribution in [0.3, 0.4) is 0 Å². The van der Waals surface area contributed by atoms with E-state index in [1.165, 1.54) is 12.1 Å². The van der Waals surface area contributed by atoms with Crippen LogP contribution in [-0.2, 0) is 29.2 Å². The Hall–Kier alpha value is -2.90. The van der Waals surface area contributed by atoms with Crippen LogP contribution in [0.5, 0.6) is 0 Å². The molecule has 0 spiro atoms. The maximum atomic E-state index is 13.5. The van der Waals surface area contributed by atoms with Crippen molar-refractivity contribution in [1.82, 2.24) is 25.3 Å². The average molecular weight is 473 g/mol. The van der Waals surface area contributed by atoms with Crippen LogP contribution in [0.15, 0.2) is 35.8 Å². The van der Waals surface area contributed by atoms with Gasteiger partial charge >= 0.3 is 12.1 Å². The summed E-state index contributed by atoms with van der Waals surface area (Å²) in [7, 11) is 0. The van der Waals surface area contributed by atoms with E-state index < -0.39 is 12.1 Å². The summed E-state index contributed by atoms with van der Waals surface area (Å²) in [6.45, 7) is 3.38. The fraction of sp³-hybridized carbons (Fsp3) is 0.368. The lowest BCUT2D eigenvalue weighted by molar-refractivity contribution is -0.192. The molecule has 4 rings (SSSR count). The highest BCUT2D eigenvalue weighted by Crippen LogP contribution is 2.25. The molecule has 1 unspecified atom stereocenters. The highest BCUT2D eigenvalue weighted by Gasteiger charge is 2.38. The number of benzene rings is 1. The lowest BCUT2D eigenvalue weighted by Gasteiger charge is -2.14. The monoisotopic (exact) mass is 473 g/mol. The van der Waals surface area contributed by atoms with Crippen molar-refractivity contribution in [1.29, 1.82) is 0 Å². The molecule has 0 radical (unpaired) electrons. The number of nitrogens with one attached hydrogen (secondary N) is 1. The Morgan fingerprint density at radius 1 is 1.38 bits per heavy atom. The average Bonchev–Trinajstić information content (AvgIpc) is 3.34. The molecule has 3 aromatic rings. The van der Waals surface area contributed by atoms with E-state index >= 15 is 0 Å². The van der Waals surface area contributed by atoms with Crippen molar-refractivity contribution in [2.24, 2.45) is 5.92 Å². The summed E-state index contributed by atoms with van der Waals surface area (Å²) in [5.41, 5.74) is 2.31. The maximum Gasteiger partial charge on any atom is 0.490 e. The van der Waals surface area contributed by atoms with E-state index in [-0.39, 0.29) is 5.82 Å². The lowest BCUT2D eigenvalue weighted by atomic mass is 10.1. The highest BCUT2D eigenvalue weighted by molar-refractivity contribution is 7.09. The van der Waals surface area contributed by atoms with Gasteiger partial charge in [-0.3, -0.25) is 0 Å². The number of carboxylic acids is 1. The largest absolute Gasteiger partial charge is 0.490 e. The van der Waals surface area contributed by atoms with Crippen LogP contribution >= 0.6 is 11.3 Å². The van der Waals surface area contributed by atoms with E-state index in [1.54, 1.807) is 17.4 Å². The van der Waals surface area contributed by atoms with Crippen LogP contribution in [0.4, 0.5) is 17.6 Å². The SMILES string of the molecule is Fc1cccc(-c2nnn3c2COCC(CNCc2nccs2)C3)c1.O=C(O)C(F)(F)F. The first-order valence-corrected chi connectivity index (χ1v) is 10.3. The van der Waals surface area contributed by atoms with Crippen molar-refractivity contribution >= 4 is 17.3 Å². The molecule has 1 atom stereocenters. The quantitative estimate of drug-likeness (QED) is 0.549. The molecule has 13 heteroatoms. The Morgan fingerprint density at radius 2 is 2.16 bits per heavy atom. The van der Waals surface area contributed by atoms with Gasteiger partial charge in [-0.05, 0) is 12.1 Å². The number of hydrogen-bond donors (Lipinski definition) is 2. The lowest BCUT2D eigenvalue weighted by Crippen LogP contribution is -2.28. The molecule has 0 saturated heterocycles. The summed E-state index contributed by atoms with van der Waals surface area (Å²) >= 11 is 1.64. The number of aromatic nitrogens is 4. The predicted octanol–water partition coefficient (Wildman–Crippen LogP) is 3.11. The topological polar surface area (TPSA) is 102 Å². The molecule has 1 aliphatic heterocycles. The zero-order valence-electron chi connectivity index (χ0n) is 16.5. The van der Waals surface area contributed by atoms with Crippen molar-refractivity contribution in [3.63, 3.8) is 0 Å². The zero-order valence-corrected chi connectivity index (χ0v) is 17.4. The van der Waals surface area contributed by atoms with Crippen molar-refractivity contribution in [2.45, 2.75) is 25.9 Å². The van der Waals surface area contributed by atoms with Crippen LogP contribution in [0.2, 0.25) is 0 Å².